The molecule has 0 amide bonds. The first-order chi connectivity index (χ1) is 54.3. The van der Waals surface area contributed by atoms with E-state index >= 15 is 0 Å². The maximum absolute atomic E-state index is 5.35. The topological polar surface area (TPSA) is 103 Å². The van der Waals surface area contributed by atoms with Gasteiger partial charge in [0.1, 0.15) is 0 Å². The van der Waals surface area contributed by atoms with E-state index in [1.54, 1.807) is 0 Å². The maximum Gasteiger partial charge on any atom is 0.164 e. The average molecular weight is 1410 g/mol. The Morgan fingerprint density at radius 3 is 0.800 bits per heavy atom. The minimum absolute atomic E-state index is 0.625. The number of aryl methyl sites for hydroxylation is 2. The second kappa shape index (κ2) is 28.7. The molecule has 110 heavy (non-hydrogen) atoms. The number of hydrogen-bond acceptors (Lipinski definition) is 8. The molecular formula is C102H68N8. The van der Waals surface area contributed by atoms with E-state index in [-0.39, 0.29) is 0 Å². The van der Waals surface area contributed by atoms with Crippen molar-refractivity contribution in [3.8, 4) is 135 Å². The zero-order chi connectivity index (χ0) is 73.4. The summed E-state index contributed by atoms with van der Waals surface area (Å²) in [5.74, 6) is 3.85. The first kappa shape index (κ1) is 66.1. The Balaban J connectivity index is 0.000000150. The minimum atomic E-state index is 0.625. The van der Waals surface area contributed by atoms with Crippen LogP contribution in [0, 0.1) is 13.8 Å². The lowest BCUT2D eigenvalue weighted by Gasteiger charge is -2.15. The van der Waals surface area contributed by atoms with Crippen LogP contribution >= 0.6 is 0 Å². The highest BCUT2D eigenvalue weighted by molar-refractivity contribution is 6.19. The van der Waals surface area contributed by atoms with Crippen LogP contribution in [0.15, 0.2) is 376 Å². The molecule has 0 atom stereocenters. The molecule has 516 valence electrons. The largest absolute Gasteiger partial charge is 0.247 e. The molecule has 4 heterocycles. The molecule has 4 aromatic heterocycles. The summed E-state index contributed by atoms with van der Waals surface area (Å²) < 4.78 is 0. The van der Waals surface area contributed by atoms with Gasteiger partial charge in [-0.15, -0.1) is 0 Å². The van der Waals surface area contributed by atoms with E-state index in [1.807, 2.05) is 6.07 Å². The number of pyridine rings is 2. The van der Waals surface area contributed by atoms with Crippen LogP contribution in [0.3, 0.4) is 0 Å². The third-order valence-electron chi connectivity index (χ3n) is 20.8. The summed E-state index contributed by atoms with van der Waals surface area (Å²) in [5.41, 5.74) is 23.2. The molecule has 0 aliphatic carbocycles. The molecule has 0 unspecified atom stereocenters. The molecule has 8 heteroatoms. The van der Waals surface area contributed by atoms with Crippen molar-refractivity contribution in [3.05, 3.63) is 387 Å². The lowest BCUT2D eigenvalue weighted by Crippen LogP contribution is -2.00. The van der Waals surface area contributed by atoms with Crippen LogP contribution in [-0.2, 0) is 0 Å². The van der Waals surface area contributed by atoms with Crippen molar-refractivity contribution in [1.82, 2.24) is 39.9 Å². The van der Waals surface area contributed by atoms with Crippen molar-refractivity contribution in [2.75, 3.05) is 0 Å². The Kier molecular flexibility index (Phi) is 17.2. The van der Waals surface area contributed by atoms with Gasteiger partial charge in [-0.3, -0.25) is 0 Å². The van der Waals surface area contributed by atoms with Gasteiger partial charge in [-0.05, 0) is 104 Å². The average Bonchev–Trinajstić information content (AvgIpc) is 0.747. The molecule has 0 saturated heterocycles. The van der Waals surface area contributed by atoms with Crippen LogP contribution in [0.2, 0.25) is 0 Å². The van der Waals surface area contributed by atoms with Crippen molar-refractivity contribution in [2.45, 2.75) is 13.8 Å². The summed E-state index contributed by atoms with van der Waals surface area (Å²) in [6, 6.07) is 132. The summed E-state index contributed by atoms with van der Waals surface area (Å²) >= 11 is 0. The van der Waals surface area contributed by atoms with Crippen molar-refractivity contribution < 1.29 is 0 Å². The molecule has 0 saturated carbocycles. The van der Waals surface area contributed by atoms with Gasteiger partial charge in [0.05, 0.1) is 22.4 Å². The van der Waals surface area contributed by atoms with Gasteiger partial charge >= 0.3 is 0 Å². The molecule has 0 aliphatic heterocycles. The molecule has 0 N–H and O–H groups in total. The number of rotatable bonds is 12. The Hall–Kier alpha value is -14.6. The molecule has 0 bridgehead atoms. The van der Waals surface area contributed by atoms with E-state index < -0.39 is 0 Å². The maximum atomic E-state index is 5.35. The second-order valence-corrected chi connectivity index (χ2v) is 27.9. The smallest absolute Gasteiger partial charge is 0.164 e. The highest BCUT2D eigenvalue weighted by atomic mass is 15.0. The minimum Gasteiger partial charge on any atom is -0.247 e. The Morgan fingerprint density at radius 2 is 0.445 bits per heavy atom. The number of benzene rings is 16. The SMILES string of the molecule is Cc1ccc(-c2nc(-c3ccc(C)cc3)nc(-c3ccc(-c4ccc5c(c4)nc(-c4ccccc4)c4cccc(-c6ccccc6)c45)cc3)n2)cc1.c1ccc(-c2nc3cc(-c4ccc(-c5nc(-c6ccc7ccccc7c6)nc(-c6ccc7ccccc7c6)n5)cc4)ccc3c3c(-c4ccccc4)cccc23)cc1. The van der Waals surface area contributed by atoms with Gasteiger partial charge in [-0.1, -0.05) is 363 Å². The van der Waals surface area contributed by atoms with Crippen LogP contribution in [-0.4, -0.2) is 39.9 Å². The quantitative estimate of drug-likeness (QED) is 0.111. The zero-order valence-electron chi connectivity index (χ0n) is 60.4. The summed E-state index contributed by atoms with van der Waals surface area (Å²) in [6.07, 6.45) is 0. The number of aromatic nitrogens is 8. The highest BCUT2D eigenvalue weighted by Gasteiger charge is 2.21. The van der Waals surface area contributed by atoms with E-state index in [9.17, 15) is 0 Å². The van der Waals surface area contributed by atoms with Crippen molar-refractivity contribution in [3.63, 3.8) is 0 Å². The molecule has 0 radical (unpaired) electrons. The molecular weight excluding hydrogens is 1340 g/mol. The van der Waals surface area contributed by atoms with Gasteiger partial charge in [0, 0.05) is 76.8 Å². The van der Waals surface area contributed by atoms with Gasteiger partial charge in [0.25, 0.3) is 0 Å². The first-order valence-corrected chi connectivity index (χ1v) is 37.1. The summed E-state index contributed by atoms with van der Waals surface area (Å²) in [4.78, 5) is 40.7. The predicted molar refractivity (Wildman–Crippen MR) is 455 cm³/mol. The first-order valence-electron chi connectivity index (χ1n) is 37.1. The predicted octanol–water partition coefficient (Wildman–Crippen LogP) is 26.1. The van der Waals surface area contributed by atoms with E-state index in [2.05, 4.69) is 384 Å². The Morgan fingerprint density at radius 1 is 0.164 bits per heavy atom. The van der Waals surface area contributed by atoms with Crippen molar-refractivity contribution in [2.24, 2.45) is 0 Å². The van der Waals surface area contributed by atoms with Crippen LogP contribution in [0.1, 0.15) is 11.1 Å². The summed E-state index contributed by atoms with van der Waals surface area (Å²) in [6.45, 7) is 4.17. The van der Waals surface area contributed by atoms with Crippen LogP contribution < -0.4 is 0 Å². The van der Waals surface area contributed by atoms with Gasteiger partial charge in [-0.25, -0.2) is 39.9 Å². The molecule has 20 aromatic rings. The third kappa shape index (κ3) is 13.0. The molecule has 0 aliphatic rings. The normalized spacial score (nSPS) is 11.4. The summed E-state index contributed by atoms with van der Waals surface area (Å²) in [7, 11) is 0. The highest BCUT2D eigenvalue weighted by Crippen LogP contribution is 2.43. The molecule has 8 nitrogen and oxygen atoms in total. The molecule has 0 spiro atoms. The monoisotopic (exact) mass is 1400 g/mol. The lowest BCUT2D eigenvalue weighted by molar-refractivity contribution is 1.07. The molecule has 20 rings (SSSR count). The van der Waals surface area contributed by atoms with Crippen LogP contribution in [0.4, 0.5) is 0 Å². The van der Waals surface area contributed by atoms with E-state index in [1.165, 1.54) is 54.9 Å². The Labute approximate surface area is 637 Å². The van der Waals surface area contributed by atoms with Gasteiger partial charge in [0.15, 0.2) is 34.9 Å². The fourth-order valence-corrected chi connectivity index (χ4v) is 15.0. The van der Waals surface area contributed by atoms with Crippen LogP contribution in [0.5, 0.6) is 0 Å². The van der Waals surface area contributed by atoms with Gasteiger partial charge in [-0.2, -0.15) is 0 Å². The van der Waals surface area contributed by atoms with Gasteiger partial charge < -0.3 is 0 Å². The Bertz CT molecular complexity index is 6700. The fraction of sp³-hybridized carbons (Fsp3) is 0.0196. The van der Waals surface area contributed by atoms with Gasteiger partial charge in [0.2, 0.25) is 0 Å². The van der Waals surface area contributed by atoms with E-state index in [0.717, 1.165) is 122 Å². The van der Waals surface area contributed by atoms with Crippen molar-refractivity contribution >= 4 is 64.9 Å². The number of nitrogens with zero attached hydrogens (tertiary/aromatic N) is 8. The van der Waals surface area contributed by atoms with E-state index in [4.69, 9.17) is 39.9 Å². The lowest BCUT2D eigenvalue weighted by atomic mass is 9.92. The fourth-order valence-electron chi connectivity index (χ4n) is 15.0. The van der Waals surface area contributed by atoms with Crippen molar-refractivity contribution in [1.29, 1.82) is 0 Å². The molecule has 0 fully saturated rings. The zero-order valence-corrected chi connectivity index (χ0v) is 60.4. The summed E-state index contributed by atoms with van der Waals surface area (Å²) in [5, 5.41) is 11.6. The van der Waals surface area contributed by atoms with E-state index in [0.29, 0.717) is 34.9 Å². The molecule has 16 aromatic carbocycles. The number of hydrogen-bond donors (Lipinski definition) is 0. The van der Waals surface area contributed by atoms with Crippen LogP contribution in [0.25, 0.3) is 200 Å². The standard InChI is InChI=1S/C54H34N4.C48H34N4/c1-3-14-38(15-4-1)46-20-11-21-48-50(46)47-31-30-43(34-49(47)55-51(48)39-16-5-2-6-17-39)37-22-26-40(27-23-37)52-56-53(44-28-24-35-12-7-9-18-41(35)32-44)58-54(57-52)45-29-25-36-13-8-10-19-42(36)33-45;1-31-16-20-36(21-17-31)46-50-47(37-22-18-32(2)19-23-37)52-48(51-46)38-26-24-33(25-27-38)39-28-29-41-43(30-39)49-45(35-12-7-4-8-13-35)42-15-9-14-40(44(41)42)34-10-5-3-6-11-34/h1-34H;3-30H,1-2H3. The third-order valence-corrected chi connectivity index (χ3v) is 20.8. The second-order valence-electron chi connectivity index (χ2n) is 27.9. The number of fused-ring (bicyclic) bond motifs is 8.